The van der Waals surface area contributed by atoms with Gasteiger partial charge in [-0.25, -0.2) is 4.79 Å². The van der Waals surface area contributed by atoms with Gasteiger partial charge in [-0.15, -0.1) is 0 Å². The zero-order valence-electron chi connectivity index (χ0n) is 13.1. The second-order valence-corrected chi connectivity index (χ2v) is 4.56. The highest BCUT2D eigenvalue weighted by Gasteiger charge is 2.08. The Balaban J connectivity index is 3.27. The summed E-state index contributed by atoms with van der Waals surface area (Å²) in [6.45, 7) is 7.53. The molecule has 21 heavy (non-hydrogen) atoms. The molecule has 0 aromatic heterocycles. The van der Waals surface area contributed by atoms with Crippen LogP contribution in [0.5, 0.6) is 5.75 Å². The summed E-state index contributed by atoms with van der Waals surface area (Å²) in [5.41, 5.74) is 3.58. The maximum atomic E-state index is 11.5. The Morgan fingerprint density at radius 3 is 2.57 bits per heavy atom. The highest BCUT2D eigenvalue weighted by molar-refractivity contribution is 5.92. The van der Waals surface area contributed by atoms with Gasteiger partial charge < -0.3 is 9.47 Å². The smallest absolute Gasteiger partial charge is 0.333 e. The number of allylic oxidation sites excluding steroid dienone is 4. The first-order valence-electron chi connectivity index (χ1n) is 6.84. The summed E-state index contributed by atoms with van der Waals surface area (Å²) in [5, 5.41) is 0. The average Bonchev–Trinajstić information content (AvgIpc) is 2.52. The molecule has 1 rings (SSSR count). The number of aryl methyl sites for hydroxylation is 1. The molecule has 0 radical (unpaired) electrons. The van der Waals surface area contributed by atoms with Crippen LogP contribution in [0.15, 0.2) is 48.6 Å². The Morgan fingerprint density at radius 1 is 1.33 bits per heavy atom. The van der Waals surface area contributed by atoms with Crippen molar-refractivity contribution in [1.29, 1.82) is 0 Å². The summed E-state index contributed by atoms with van der Waals surface area (Å²) in [7, 11) is 3.04. The predicted octanol–water partition coefficient (Wildman–Crippen LogP) is 3.95. The molecule has 0 saturated heterocycles. The summed E-state index contributed by atoms with van der Waals surface area (Å²) in [6, 6.07) is 5.97. The Bertz CT molecular complexity index is 580. The molecule has 0 aliphatic heterocycles. The summed E-state index contributed by atoms with van der Waals surface area (Å²) >= 11 is 0. The first kappa shape index (κ1) is 16.8. The second kappa shape index (κ2) is 8.10. The normalized spacial score (nSPS) is 12.0. The molecule has 0 aliphatic rings. The van der Waals surface area contributed by atoms with Crippen molar-refractivity contribution < 1.29 is 14.3 Å². The molecule has 112 valence electrons. The van der Waals surface area contributed by atoms with Crippen LogP contribution in [0.25, 0.3) is 5.57 Å². The lowest BCUT2D eigenvalue weighted by atomic mass is 9.99. The van der Waals surface area contributed by atoms with Crippen LogP contribution in [0.1, 0.15) is 25.0 Å². The van der Waals surface area contributed by atoms with Gasteiger partial charge in [-0.3, -0.25) is 0 Å². The van der Waals surface area contributed by atoms with Gasteiger partial charge in [0, 0.05) is 5.57 Å². The number of carbonyl (C=O) groups is 1. The van der Waals surface area contributed by atoms with Gasteiger partial charge in [0.25, 0.3) is 0 Å². The van der Waals surface area contributed by atoms with E-state index < -0.39 is 0 Å². The average molecular weight is 286 g/mol. The quantitative estimate of drug-likeness (QED) is 0.451. The largest absolute Gasteiger partial charge is 0.496 e. The maximum absolute atomic E-state index is 11.5. The minimum Gasteiger partial charge on any atom is -0.496 e. The lowest BCUT2D eigenvalue weighted by Crippen LogP contribution is -2.01. The molecule has 1 aromatic rings. The minimum atomic E-state index is -0.339. The first-order valence-corrected chi connectivity index (χ1v) is 6.84. The van der Waals surface area contributed by atoms with E-state index in [4.69, 9.17) is 9.47 Å². The monoisotopic (exact) mass is 286 g/mol. The standard InChI is InChI=1S/C18H22O3/c1-6-8-15(11-13(3)18(19)21-5)16-9-10-17(20-4)14(7-2)12-16/h6,8-12H,1,7H2,2-5H3/b13-11+,15-8+. The Hall–Kier alpha value is -2.29. The van der Waals surface area contributed by atoms with E-state index >= 15 is 0 Å². The molecule has 0 amide bonds. The van der Waals surface area contributed by atoms with Gasteiger partial charge >= 0.3 is 5.97 Å². The Kier molecular flexibility index (Phi) is 6.47. The predicted molar refractivity (Wildman–Crippen MR) is 86.3 cm³/mol. The molecule has 3 heteroatoms. The molecule has 1 aromatic carbocycles. The van der Waals surface area contributed by atoms with Gasteiger partial charge in [0.05, 0.1) is 14.2 Å². The van der Waals surface area contributed by atoms with Gasteiger partial charge in [0.2, 0.25) is 0 Å². The van der Waals surface area contributed by atoms with Gasteiger partial charge in [0.1, 0.15) is 5.75 Å². The molecule has 3 nitrogen and oxygen atoms in total. The number of carbonyl (C=O) groups excluding carboxylic acids is 1. The van der Waals surface area contributed by atoms with Crippen LogP contribution in [-0.4, -0.2) is 20.2 Å². The summed E-state index contributed by atoms with van der Waals surface area (Å²) in [6.07, 6.45) is 6.24. The molecule has 0 heterocycles. The first-order chi connectivity index (χ1) is 10.1. The van der Waals surface area contributed by atoms with E-state index in [1.165, 1.54) is 7.11 Å². The molecular formula is C18H22O3. The van der Waals surface area contributed by atoms with Crippen molar-refractivity contribution in [3.05, 3.63) is 59.7 Å². The molecule has 0 spiro atoms. The van der Waals surface area contributed by atoms with Gasteiger partial charge in [-0.1, -0.05) is 31.7 Å². The van der Waals surface area contributed by atoms with Gasteiger partial charge in [0.15, 0.2) is 0 Å². The van der Waals surface area contributed by atoms with Crippen LogP contribution < -0.4 is 4.74 Å². The topological polar surface area (TPSA) is 35.5 Å². The van der Waals surface area contributed by atoms with Crippen molar-refractivity contribution in [2.45, 2.75) is 20.3 Å². The van der Waals surface area contributed by atoms with Gasteiger partial charge in [-0.2, -0.15) is 0 Å². The summed E-state index contributed by atoms with van der Waals surface area (Å²) in [4.78, 5) is 11.5. The summed E-state index contributed by atoms with van der Waals surface area (Å²) in [5.74, 6) is 0.530. The van der Waals surface area contributed by atoms with Crippen LogP contribution in [0, 0.1) is 0 Å². The lowest BCUT2D eigenvalue weighted by molar-refractivity contribution is -0.136. The van der Waals surface area contributed by atoms with E-state index in [-0.39, 0.29) is 5.97 Å². The molecule has 0 atom stereocenters. The number of esters is 1. The van der Waals surface area contributed by atoms with Crippen molar-refractivity contribution in [2.24, 2.45) is 0 Å². The zero-order chi connectivity index (χ0) is 15.8. The highest BCUT2D eigenvalue weighted by Crippen LogP contribution is 2.26. The maximum Gasteiger partial charge on any atom is 0.333 e. The third kappa shape index (κ3) is 4.35. The van der Waals surface area contributed by atoms with E-state index in [0.29, 0.717) is 5.57 Å². The number of rotatable bonds is 6. The van der Waals surface area contributed by atoms with Crippen LogP contribution >= 0.6 is 0 Å². The van der Waals surface area contributed by atoms with E-state index in [9.17, 15) is 4.79 Å². The fourth-order valence-corrected chi connectivity index (χ4v) is 2.04. The van der Waals surface area contributed by atoms with Crippen LogP contribution in [0.3, 0.4) is 0 Å². The Labute approximate surface area is 126 Å². The number of benzene rings is 1. The van der Waals surface area contributed by atoms with Gasteiger partial charge in [-0.05, 0) is 48.3 Å². The number of methoxy groups -OCH3 is 2. The molecular weight excluding hydrogens is 264 g/mol. The molecule has 0 unspecified atom stereocenters. The van der Waals surface area contributed by atoms with Crippen LogP contribution in [-0.2, 0) is 16.0 Å². The van der Waals surface area contributed by atoms with Crippen molar-refractivity contribution >= 4 is 11.5 Å². The van der Waals surface area contributed by atoms with Crippen molar-refractivity contribution in [3.63, 3.8) is 0 Å². The number of hydrogen-bond donors (Lipinski definition) is 0. The molecule has 0 aliphatic carbocycles. The third-order valence-corrected chi connectivity index (χ3v) is 3.17. The number of ether oxygens (including phenoxy) is 2. The second-order valence-electron chi connectivity index (χ2n) is 4.56. The minimum absolute atomic E-state index is 0.339. The van der Waals surface area contributed by atoms with E-state index in [0.717, 1.165) is 28.9 Å². The Morgan fingerprint density at radius 2 is 2.05 bits per heavy atom. The van der Waals surface area contributed by atoms with Crippen LogP contribution in [0.2, 0.25) is 0 Å². The van der Waals surface area contributed by atoms with Crippen molar-refractivity contribution in [1.82, 2.24) is 0 Å². The third-order valence-electron chi connectivity index (χ3n) is 3.17. The van der Waals surface area contributed by atoms with Crippen molar-refractivity contribution in [3.8, 4) is 5.75 Å². The fourth-order valence-electron chi connectivity index (χ4n) is 2.04. The fraction of sp³-hybridized carbons (Fsp3) is 0.278. The van der Waals surface area contributed by atoms with Crippen LogP contribution in [0.4, 0.5) is 0 Å². The summed E-state index contributed by atoms with van der Waals surface area (Å²) < 4.78 is 10.1. The van der Waals surface area contributed by atoms with E-state index in [1.807, 2.05) is 18.2 Å². The molecule has 0 fully saturated rings. The SMILES string of the molecule is C=C/C=C(\C=C(/C)C(=O)OC)c1ccc(OC)c(CC)c1. The van der Waals surface area contributed by atoms with E-state index in [2.05, 4.69) is 19.6 Å². The lowest BCUT2D eigenvalue weighted by Gasteiger charge is -2.10. The highest BCUT2D eigenvalue weighted by atomic mass is 16.5. The van der Waals surface area contributed by atoms with E-state index in [1.54, 1.807) is 26.2 Å². The zero-order valence-corrected chi connectivity index (χ0v) is 13.1. The van der Waals surface area contributed by atoms with Crippen molar-refractivity contribution in [2.75, 3.05) is 14.2 Å². The molecule has 0 bridgehead atoms. The molecule has 0 N–H and O–H groups in total. The number of hydrogen-bond acceptors (Lipinski definition) is 3. The molecule has 0 saturated carbocycles.